The van der Waals surface area contributed by atoms with E-state index < -0.39 is 0 Å². The van der Waals surface area contributed by atoms with Crippen LogP contribution in [-0.2, 0) is 17.6 Å². The fraction of sp³-hybridized carbons (Fsp3) is 0.500. The Morgan fingerprint density at radius 2 is 2.46 bits per heavy atom. The lowest BCUT2D eigenvalue weighted by Gasteiger charge is -2.16. The second-order valence-electron chi connectivity index (χ2n) is 5.83. The Hall–Kier alpha value is -1.85. The largest absolute Gasteiger partial charge is 0.410 e. The number of nitriles is 1. The molecule has 2 aromatic heterocycles. The second-order valence-corrected chi connectivity index (χ2v) is 7.89. The highest BCUT2D eigenvalue weighted by Gasteiger charge is 2.21. The van der Waals surface area contributed by atoms with Crippen LogP contribution in [0.4, 0.5) is 0 Å². The van der Waals surface area contributed by atoms with Crippen molar-refractivity contribution in [3.63, 3.8) is 0 Å². The number of fused-ring (bicyclic) bond motifs is 1. The maximum atomic E-state index is 11.6. The molecule has 2 aromatic rings. The highest BCUT2D eigenvalue weighted by molar-refractivity contribution is 7.99. The van der Waals surface area contributed by atoms with Gasteiger partial charge >= 0.3 is 0 Å². The maximum absolute atomic E-state index is 11.6. The zero-order valence-electron chi connectivity index (χ0n) is 13.4. The maximum Gasteiger partial charge on any atom is 0.277 e. The Morgan fingerprint density at radius 1 is 1.58 bits per heavy atom. The van der Waals surface area contributed by atoms with E-state index in [1.165, 1.54) is 28.6 Å². The smallest absolute Gasteiger partial charge is 0.277 e. The first-order valence-corrected chi connectivity index (χ1v) is 9.68. The van der Waals surface area contributed by atoms with Crippen LogP contribution < -0.4 is 5.32 Å². The summed E-state index contributed by atoms with van der Waals surface area (Å²) in [6, 6.07) is 4.14. The van der Waals surface area contributed by atoms with Crippen molar-refractivity contribution >= 4 is 29.0 Å². The van der Waals surface area contributed by atoms with Gasteiger partial charge in [0.15, 0.2) is 0 Å². The number of aryl methyl sites for hydroxylation is 1. The molecule has 1 N–H and O–H groups in total. The molecule has 3 rings (SSSR count). The molecular weight excluding hydrogens is 344 g/mol. The van der Waals surface area contributed by atoms with Crippen molar-refractivity contribution in [1.82, 2.24) is 15.5 Å². The number of thioether (sulfide) groups is 1. The van der Waals surface area contributed by atoms with Crippen LogP contribution in [0, 0.1) is 17.2 Å². The molecule has 1 amide bonds. The van der Waals surface area contributed by atoms with Crippen molar-refractivity contribution in [2.45, 2.75) is 37.8 Å². The molecule has 2 heterocycles. The van der Waals surface area contributed by atoms with E-state index in [0.717, 1.165) is 23.6 Å². The lowest BCUT2D eigenvalue weighted by molar-refractivity contribution is -0.118. The first-order valence-electron chi connectivity index (χ1n) is 7.87. The first-order chi connectivity index (χ1) is 11.7. The minimum absolute atomic E-state index is 0.143. The van der Waals surface area contributed by atoms with Crippen LogP contribution in [0.25, 0.3) is 10.8 Å². The van der Waals surface area contributed by atoms with E-state index in [2.05, 4.69) is 28.5 Å². The summed E-state index contributed by atoms with van der Waals surface area (Å²) in [6.45, 7) is 2.65. The number of nitrogens with zero attached hydrogens (tertiary/aromatic N) is 3. The van der Waals surface area contributed by atoms with Crippen LogP contribution in [0.5, 0.6) is 0 Å². The zero-order valence-corrected chi connectivity index (χ0v) is 15.0. The average molecular weight is 362 g/mol. The van der Waals surface area contributed by atoms with Crippen molar-refractivity contribution in [2.75, 3.05) is 12.3 Å². The van der Waals surface area contributed by atoms with Gasteiger partial charge in [0.25, 0.3) is 11.1 Å². The standard InChI is InChI=1S/C16H18N4O2S2/c1-10-3-4-12-11(7-10)8-13(24-12)15-19-20-16(22-15)23-9-14(21)18-6-2-5-17/h8,10H,2-4,6-7,9H2,1H3,(H,18,21)/t10-/m0/s1. The summed E-state index contributed by atoms with van der Waals surface area (Å²) in [7, 11) is 0. The summed E-state index contributed by atoms with van der Waals surface area (Å²) >= 11 is 2.93. The molecule has 0 fully saturated rings. The molecule has 0 radical (unpaired) electrons. The fourth-order valence-electron chi connectivity index (χ4n) is 2.61. The second kappa shape index (κ2) is 7.81. The molecule has 0 saturated heterocycles. The number of aromatic nitrogens is 2. The summed E-state index contributed by atoms with van der Waals surface area (Å²) in [5, 5.41) is 19.6. The molecule has 6 nitrogen and oxygen atoms in total. The number of hydrogen-bond donors (Lipinski definition) is 1. The molecular formula is C16H18N4O2S2. The van der Waals surface area contributed by atoms with Gasteiger partial charge in [-0.15, -0.1) is 21.5 Å². The molecule has 24 heavy (non-hydrogen) atoms. The van der Waals surface area contributed by atoms with Crippen molar-refractivity contribution in [3.8, 4) is 16.8 Å². The SMILES string of the molecule is C[C@H]1CCc2sc(-c3nnc(SCC(=O)NCCC#N)o3)cc2C1. The minimum Gasteiger partial charge on any atom is -0.410 e. The van der Waals surface area contributed by atoms with E-state index in [1.54, 1.807) is 11.3 Å². The highest BCUT2D eigenvalue weighted by Crippen LogP contribution is 2.37. The molecule has 126 valence electrons. The van der Waals surface area contributed by atoms with Gasteiger partial charge in [-0.05, 0) is 36.8 Å². The van der Waals surface area contributed by atoms with E-state index in [9.17, 15) is 4.79 Å². The van der Waals surface area contributed by atoms with Gasteiger partial charge in [-0.2, -0.15) is 5.26 Å². The molecule has 1 aliphatic rings. The lowest BCUT2D eigenvalue weighted by atomic mass is 9.90. The van der Waals surface area contributed by atoms with Gasteiger partial charge in [-0.3, -0.25) is 4.79 Å². The summed E-state index contributed by atoms with van der Waals surface area (Å²) in [5.41, 5.74) is 1.40. The third-order valence-electron chi connectivity index (χ3n) is 3.83. The topological polar surface area (TPSA) is 91.8 Å². The van der Waals surface area contributed by atoms with Gasteiger partial charge in [0.05, 0.1) is 23.1 Å². The Labute approximate surface area is 148 Å². The Bertz CT molecular complexity index is 762. The average Bonchev–Trinajstić information content (AvgIpc) is 3.19. The number of rotatable bonds is 6. The first kappa shape index (κ1) is 17.0. The van der Waals surface area contributed by atoms with E-state index in [4.69, 9.17) is 9.68 Å². The van der Waals surface area contributed by atoms with Gasteiger partial charge in [0.1, 0.15) is 0 Å². The highest BCUT2D eigenvalue weighted by atomic mass is 32.2. The molecule has 0 unspecified atom stereocenters. The van der Waals surface area contributed by atoms with Crippen molar-refractivity contribution in [3.05, 3.63) is 16.5 Å². The molecule has 8 heteroatoms. The molecule has 0 aromatic carbocycles. The number of carbonyl (C=O) groups excluding carboxylic acids is 1. The normalized spacial score (nSPS) is 16.4. The number of nitrogens with one attached hydrogen (secondary N) is 1. The Kier molecular flexibility index (Phi) is 5.53. The monoisotopic (exact) mass is 362 g/mol. The summed E-state index contributed by atoms with van der Waals surface area (Å²) < 4.78 is 5.67. The van der Waals surface area contributed by atoms with Gasteiger partial charge in [-0.1, -0.05) is 18.7 Å². The van der Waals surface area contributed by atoms with E-state index in [1.807, 2.05) is 6.07 Å². The third kappa shape index (κ3) is 4.16. The van der Waals surface area contributed by atoms with E-state index >= 15 is 0 Å². The molecule has 1 aliphatic carbocycles. The van der Waals surface area contributed by atoms with Crippen molar-refractivity contribution in [1.29, 1.82) is 5.26 Å². The van der Waals surface area contributed by atoms with Gasteiger partial charge in [0.2, 0.25) is 5.91 Å². The molecule has 0 spiro atoms. The lowest BCUT2D eigenvalue weighted by Crippen LogP contribution is -2.25. The van der Waals surface area contributed by atoms with Crippen LogP contribution in [0.2, 0.25) is 0 Å². The van der Waals surface area contributed by atoms with Crippen LogP contribution in [0.15, 0.2) is 15.7 Å². The number of carbonyl (C=O) groups is 1. The predicted octanol–water partition coefficient (Wildman–Crippen LogP) is 3.04. The summed E-state index contributed by atoms with van der Waals surface area (Å²) in [4.78, 5) is 14.0. The molecule has 0 saturated carbocycles. The number of amides is 1. The van der Waals surface area contributed by atoms with Crippen LogP contribution in [0.3, 0.4) is 0 Å². The predicted molar refractivity (Wildman–Crippen MR) is 92.8 cm³/mol. The minimum atomic E-state index is -0.143. The quantitative estimate of drug-likeness (QED) is 0.627. The van der Waals surface area contributed by atoms with E-state index in [-0.39, 0.29) is 11.7 Å². The number of thiophene rings is 1. The third-order valence-corrected chi connectivity index (χ3v) is 5.88. The summed E-state index contributed by atoms with van der Waals surface area (Å²) in [5.74, 6) is 1.31. The fourth-order valence-corrected chi connectivity index (χ4v) is 4.34. The number of hydrogen-bond acceptors (Lipinski definition) is 7. The van der Waals surface area contributed by atoms with E-state index in [0.29, 0.717) is 24.1 Å². The van der Waals surface area contributed by atoms with Crippen LogP contribution in [0.1, 0.15) is 30.2 Å². The van der Waals surface area contributed by atoms with Crippen LogP contribution in [-0.4, -0.2) is 28.4 Å². The van der Waals surface area contributed by atoms with Gasteiger partial charge < -0.3 is 9.73 Å². The van der Waals surface area contributed by atoms with Gasteiger partial charge in [-0.25, -0.2) is 0 Å². The molecule has 1 atom stereocenters. The van der Waals surface area contributed by atoms with Crippen molar-refractivity contribution < 1.29 is 9.21 Å². The van der Waals surface area contributed by atoms with Gasteiger partial charge in [0, 0.05) is 11.4 Å². The molecule has 0 aliphatic heterocycles. The van der Waals surface area contributed by atoms with Crippen LogP contribution >= 0.6 is 23.1 Å². The Morgan fingerprint density at radius 3 is 3.29 bits per heavy atom. The Balaban J connectivity index is 1.58. The molecule has 0 bridgehead atoms. The summed E-state index contributed by atoms with van der Waals surface area (Å²) in [6.07, 6.45) is 3.78. The van der Waals surface area contributed by atoms with Crippen molar-refractivity contribution in [2.24, 2.45) is 5.92 Å². The zero-order chi connectivity index (χ0) is 16.9.